The number of halogens is 5. The average molecular weight is 348 g/mol. The average Bonchev–Trinajstić information content (AvgIpc) is 2.45. The summed E-state index contributed by atoms with van der Waals surface area (Å²) in [5, 5.41) is 5.70. The summed E-state index contributed by atoms with van der Waals surface area (Å²) in [7, 11) is 1.52. The van der Waals surface area contributed by atoms with Crippen LogP contribution in [0.15, 0.2) is 41.6 Å². The molecule has 0 saturated heterocycles. The zero-order valence-electron chi connectivity index (χ0n) is 11.3. The quantitative estimate of drug-likeness (QED) is 0.584. The van der Waals surface area contributed by atoms with Crippen LogP contribution in [-0.2, 0) is 6.18 Å². The van der Waals surface area contributed by atoms with E-state index in [1.165, 1.54) is 18.3 Å². The Balaban J connectivity index is 2.23. The third-order valence-electron chi connectivity index (χ3n) is 2.73. The highest BCUT2D eigenvalue weighted by Crippen LogP contribution is 2.33. The molecule has 0 spiro atoms. The van der Waals surface area contributed by atoms with E-state index in [1.807, 2.05) is 0 Å². The second-order valence-electron chi connectivity index (χ2n) is 4.32. The van der Waals surface area contributed by atoms with Gasteiger partial charge in [0.15, 0.2) is 5.82 Å². The van der Waals surface area contributed by atoms with Crippen LogP contribution in [0.1, 0.15) is 11.1 Å². The van der Waals surface area contributed by atoms with Crippen molar-refractivity contribution in [3.63, 3.8) is 0 Å². The van der Waals surface area contributed by atoms with Crippen LogP contribution in [0.25, 0.3) is 0 Å². The van der Waals surface area contributed by atoms with E-state index in [4.69, 9.17) is 23.2 Å². The van der Waals surface area contributed by atoms with Crippen molar-refractivity contribution >= 4 is 35.2 Å². The van der Waals surface area contributed by atoms with Crippen molar-refractivity contribution in [1.29, 1.82) is 0 Å². The fourth-order valence-corrected chi connectivity index (χ4v) is 2.08. The Kier molecular flexibility index (Phi) is 4.93. The van der Waals surface area contributed by atoms with E-state index in [1.54, 1.807) is 24.3 Å². The van der Waals surface area contributed by atoms with E-state index in [9.17, 15) is 13.2 Å². The first kappa shape index (κ1) is 16.6. The largest absolute Gasteiger partial charge is 0.417 e. The molecule has 0 radical (unpaired) electrons. The van der Waals surface area contributed by atoms with Crippen molar-refractivity contribution in [1.82, 2.24) is 4.98 Å². The summed E-state index contributed by atoms with van der Waals surface area (Å²) in [5.74, 6) is 0.109. The highest BCUT2D eigenvalue weighted by atomic mass is 35.5. The minimum Gasteiger partial charge on any atom is -0.250 e. The van der Waals surface area contributed by atoms with Crippen LogP contribution in [0.5, 0.6) is 0 Å². The molecule has 22 heavy (non-hydrogen) atoms. The van der Waals surface area contributed by atoms with Crippen molar-refractivity contribution in [2.45, 2.75) is 6.18 Å². The van der Waals surface area contributed by atoms with Gasteiger partial charge >= 0.3 is 6.18 Å². The Labute approximate surface area is 135 Å². The molecule has 116 valence electrons. The first-order valence-electron chi connectivity index (χ1n) is 6.04. The lowest BCUT2D eigenvalue weighted by atomic mass is 10.2. The van der Waals surface area contributed by atoms with Crippen molar-refractivity contribution in [3.05, 3.63) is 57.7 Å². The lowest BCUT2D eigenvalue weighted by molar-refractivity contribution is -0.137. The molecule has 3 nitrogen and oxygen atoms in total. The van der Waals surface area contributed by atoms with Gasteiger partial charge < -0.3 is 0 Å². The van der Waals surface area contributed by atoms with Gasteiger partial charge in [0.25, 0.3) is 0 Å². The first-order valence-corrected chi connectivity index (χ1v) is 6.79. The van der Waals surface area contributed by atoms with E-state index in [2.05, 4.69) is 10.1 Å². The van der Waals surface area contributed by atoms with E-state index in [0.29, 0.717) is 16.8 Å². The molecule has 1 aromatic heterocycles. The summed E-state index contributed by atoms with van der Waals surface area (Å²) in [6, 6.07) is 7.83. The molecule has 0 aliphatic carbocycles. The molecule has 1 aromatic carbocycles. The highest BCUT2D eigenvalue weighted by molar-refractivity contribution is 6.33. The minimum absolute atomic E-state index is 0.109. The SMILES string of the molecule is CN(/N=C/c1ccccc1Cl)c1ncc(C(F)(F)F)cc1Cl. The number of aromatic nitrogens is 1. The fourth-order valence-electron chi connectivity index (χ4n) is 1.61. The number of hydrazone groups is 1. The molecule has 2 rings (SSSR count). The normalized spacial score (nSPS) is 11.9. The number of rotatable bonds is 3. The van der Waals surface area contributed by atoms with E-state index >= 15 is 0 Å². The summed E-state index contributed by atoms with van der Waals surface area (Å²) in [4.78, 5) is 3.71. The molecule has 0 fully saturated rings. The topological polar surface area (TPSA) is 28.5 Å². The van der Waals surface area contributed by atoms with Crippen LogP contribution < -0.4 is 5.01 Å². The number of benzene rings is 1. The molecule has 2 aromatic rings. The minimum atomic E-state index is -4.49. The molecule has 0 atom stereocenters. The monoisotopic (exact) mass is 347 g/mol. The number of alkyl halides is 3. The second kappa shape index (κ2) is 6.54. The van der Waals surface area contributed by atoms with Crippen LogP contribution in [0.2, 0.25) is 10.0 Å². The van der Waals surface area contributed by atoms with Gasteiger partial charge in [-0.3, -0.25) is 0 Å². The maximum absolute atomic E-state index is 12.6. The lowest BCUT2D eigenvalue weighted by Gasteiger charge is -2.15. The van der Waals surface area contributed by atoms with Crippen LogP contribution in [0, 0.1) is 0 Å². The summed E-state index contributed by atoms with van der Waals surface area (Å²) in [6.07, 6.45) is -2.31. The molecular weight excluding hydrogens is 338 g/mol. The Hall–Kier alpha value is -1.79. The van der Waals surface area contributed by atoms with Crippen LogP contribution in [-0.4, -0.2) is 18.2 Å². The van der Waals surface area contributed by atoms with Crippen molar-refractivity contribution in [2.75, 3.05) is 12.1 Å². The smallest absolute Gasteiger partial charge is 0.250 e. The maximum Gasteiger partial charge on any atom is 0.417 e. The highest BCUT2D eigenvalue weighted by Gasteiger charge is 2.31. The zero-order chi connectivity index (χ0) is 16.3. The van der Waals surface area contributed by atoms with Gasteiger partial charge in [0.1, 0.15) is 0 Å². The molecule has 0 aliphatic rings. The predicted octanol–water partition coefficient (Wildman–Crippen LogP) is 4.88. The van der Waals surface area contributed by atoms with Gasteiger partial charge in [0.05, 0.1) is 16.8 Å². The number of anilines is 1. The van der Waals surface area contributed by atoms with Crippen LogP contribution in [0.3, 0.4) is 0 Å². The Morgan fingerprint density at radius 2 is 1.86 bits per heavy atom. The van der Waals surface area contributed by atoms with Crippen molar-refractivity contribution < 1.29 is 13.2 Å². The van der Waals surface area contributed by atoms with Crippen LogP contribution >= 0.6 is 23.2 Å². The second-order valence-corrected chi connectivity index (χ2v) is 5.13. The lowest BCUT2D eigenvalue weighted by Crippen LogP contribution is -2.13. The molecule has 0 amide bonds. The number of hydrogen-bond donors (Lipinski definition) is 0. The Morgan fingerprint density at radius 3 is 2.45 bits per heavy atom. The predicted molar refractivity (Wildman–Crippen MR) is 81.7 cm³/mol. The maximum atomic E-state index is 12.6. The number of pyridine rings is 1. The molecule has 0 N–H and O–H groups in total. The summed E-state index contributed by atoms with van der Waals surface area (Å²) < 4.78 is 37.7. The molecule has 0 saturated carbocycles. The van der Waals surface area contributed by atoms with E-state index in [0.717, 1.165) is 6.07 Å². The summed E-state index contributed by atoms with van der Waals surface area (Å²) in [5.41, 5.74) is -0.246. The third-order valence-corrected chi connectivity index (χ3v) is 3.35. The summed E-state index contributed by atoms with van der Waals surface area (Å²) in [6.45, 7) is 0. The van der Waals surface area contributed by atoms with Gasteiger partial charge in [-0.1, -0.05) is 41.4 Å². The molecular formula is C14H10Cl2F3N3. The molecule has 1 heterocycles. The molecule has 8 heteroatoms. The zero-order valence-corrected chi connectivity index (χ0v) is 12.8. The van der Waals surface area contributed by atoms with Gasteiger partial charge in [-0.2, -0.15) is 18.3 Å². The van der Waals surface area contributed by atoms with Gasteiger partial charge in [0, 0.05) is 23.8 Å². The molecule has 0 aliphatic heterocycles. The number of nitrogens with zero attached hydrogens (tertiary/aromatic N) is 3. The van der Waals surface area contributed by atoms with Crippen LogP contribution in [0.4, 0.5) is 19.0 Å². The Bertz CT molecular complexity index is 702. The van der Waals surface area contributed by atoms with E-state index < -0.39 is 11.7 Å². The number of hydrogen-bond acceptors (Lipinski definition) is 3. The first-order chi connectivity index (χ1) is 10.3. The van der Waals surface area contributed by atoms with Gasteiger partial charge in [0.2, 0.25) is 0 Å². The van der Waals surface area contributed by atoms with Gasteiger partial charge in [-0.05, 0) is 12.1 Å². The third kappa shape index (κ3) is 3.90. The van der Waals surface area contributed by atoms with Gasteiger partial charge in [-0.15, -0.1) is 0 Å². The van der Waals surface area contributed by atoms with Gasteiger partial charge in [-0.25, -0.2) is 9.99 Å². The fraction of sp³-hybridized carbons (Fsp3) is 0.143. The van der Waals surface area contributed by atoms with Crippen molar-refractivity contribution in [3.8, 4) is 0 Å². The van der Waals surface area contributed by atoms with E-state index in [-0.39, 0.29) is 10.8 Å². The molecule has 0 bridgehead atoms. The van der Waals surface area contributed by atoms with Crippen molar-refractivity contribution in [2.24, 2.45) is 5.10 Å². The standard InChI is InChI=1S/C14H10Cl2F3N3/c1-22(21-7-9-4-2-3-5-11(9)15)13-12(16)6-10(8-20-13)14(17,18)19/h2-8H,1H3/b21-7+. The summed E-state index contributed by atoms with van der Waals surface area (Å²) >= 11 is 11.8. The Morgan fingerprint density at radius 1 is 1.18 bits per heavy atom. The molecule has 0 unspecified atom stereocenters.